The lowest BCUT2D eigenvalue weighted by Crippen LogP contribution is -2.07. The second kappa shape index (κ2) is 3.72. The van der Waals surface area contributed by atoms with Crippen molar-refractivity contribution in [2.24, 2.45) is 5.92 Å². The quantitative estimate of drug-likeness (QED) is 0.641. The molecular formula is C11H14N. The predicted octanol–water partition coefficient (Wildman–Crippen LogP) is 2.20. The molecule has 2 rings (SSSR count). The molecule has 1 aliphatic carbocycles. The van der Waals surface area contributed by atoms with E-state index in [9.17, 15) is 0 Å². The molecule has 1 aromatic carbocycles. The van der Waals surface area contributed by atoms with Crippen LogP contribution in [0.5, 0.6) is 0 Å². The summed E-state index contributed by atoms with van der Waals surface area (Å²) in [5.74, 6) is 0.925. The number of rotatable bonds is 4. The van der Waals surface area contributed by atoms with Gasteiger partial charge in [0.15, 0.2) is 0 Å². The van der Waals surface area contributed by atoms with E-state index in [4.69, 9.17) is 0 Å². The SMILES string of the molecule is c1ccc(C[N]CC2CC2)cc1. The zero-order valence-electron chi connectivity index (χ0n) is 7.24. The minimum absolute atomic E-state index is 0.900. The summed E-state index contributed by atoms with van der Waals surface area (Å²) in [6.07, 6.45) is 2.80. The molecular weight excluding hydrogens is 146 g/mol. The lowest BCUT2D eigenvalue weighted by Gasteiger charge is -2.00. The van der Waals surface area contributed by atoms with Crippen molar-refractivity contribution in [2.75, 3.05) is 6.54 Å². The number of hydrogen-bond acceptors (Lipinski definition) is 0. The zero-order valence-corrected chi connectivity index (χ0v) is 7.24. The molecule has 12 heavy (non-hydrogen) atoms. The molecule has 1 fully saturated rings. The first-order valence-electron chi connectivity index (χ1n) is 4.62. The standard InChI is InChI=1S/C11H14N/c1-2-4-10(5-3-1)8-12-9-11-6-7-11/h1-5,11H,6-9H2. The molecule has 0 aliphatic heterocycles. The minimum Gasteiger partial charge on any atom is -0.237 e. The van der Waals surface area contributed by atoms with E-state index < -0.39 is 0 Å². The highest BCUT2D eigenvalue weighted by molar-refractivity contribution is 5.14. The fourth-order valence-electron chi connectivity index (χ4n) is 1.26. The first kappa shape index (κ1) is 7.81. The van der Waals surface area contributed by atoms with Crippen LogP contribution in [0.15, 0.2) is 30.3 Å². The molecule has 0 N–H and O–H groups in total. The van der Waals surface area contributed by atoms with Crippen molar-refractivity contribution in [3.8, 4) is 0 Å². The Labute approximate surface area is 73.8 Å². The van der Waals surface area contributed by atoms with E-state index in [-0.39, 0.29) is 0 Å². The van der Waals surface area contributed by atoms with Crippen LogP contribution in [-0.4, -0.2) is 6.54 Å². The van der Waals surface area contributed by atoms with Crippen molar-refractivity contribution in [1.29, 1.82) is 0 Å². The molecule has 1 saturated carbocycles. The first-order chi connectivity index (χ1) is 5.95. The number of hydrogen-bond donors (Lipinski definition) is 0. The largest absolute Gasteiger partial charge is 0.237 e. The van der Waals surface area contributed by atoms with Crippen LogP contribution >= 0.6 is 0 Å². The minimum atomic E-state index is 0.900. The molecule has 0 bridgehead atoms. The Morgan fingerprint density at radius 2 is 1.92 bits per heavy atom. The fraction of sp³-hybridized carbons (Fsp3) is 0.455. The van der Waals surface area contributed by atoms with Crippen LogP contribution in [0.1, 0.15) is 18.4 Å². The maximum atomic E-state index is 4.50. The maximum Gasteiger partial charge on any atom is 0.0384 e. The molecule has 0 amide bonds. The summed E-state index contributed by atoms with van der Waals surface area (Å²) >= 11 is 0. The van der Waals surface area contributed by atoms with Crippen molar-refractivity contribution < 1.29 is 0 Å². The van der Waals surface area contributed by atoms with Crippen molar-refractivity contribution in [1.82, 2.24) is 5.32 Å². The summed E-state index contributed by atoms with van der Waals surface area (Å²) in [4.78, 5) is 0. The molecule has 1 heteroatoms. The van der Waals surface area contributed by atoms with Crippen molar-refractivity contribution >= 4 is 0 Å². The van der Waals surface area contributed by atoms with Gasteiger partial charge in [-0.2, -0.15) is 0 Å². The van der Waals surface area contributed by atoms with E-state index in [2.05, 4.69) is 29.6 Å². The molecule has 0 aromatic heterocycles. The molecule has 1 nitrogen and oxygen atoms in total. The van der Waals surface area contributed by atoms with Gasteiger partial charge in [-0.15, -0.1) is 0 Å². The van der Waals surface area contributed by atoms with E-state index in [1.165, 1.54) is 18.4 Å². The highest BCUT2D eigenvalue weighted by Gasteiger charge is 2.20. The Bertz CT molecular complexity index is 226. The molecule has 63 valence electrons. The van der Waals surface area contributed by atoms with Crippen LogP contribution in [-0.2, 0) is 6.54 Å². The van der Waals surface area contributed by atoms with Crippen molar-refractivity contribution in [2.45, 2.75) is 19.4 Å². The number of benzene rings is 1. The molecule has 0 saturated heterocycles. The average Bonchev–Trinajstić information content (AvgIpc) is 2.90. The van der Waals surface area contributed by atoms with Gasteiger partial charge in [-0.3, -0.25) is 0 Å². The topological polar surface area (TPSA) is 14.1 Å². The highest BCUT2D eigenvalue weighted by Crippen LogP contribution is 2.27. The molecule has 0 atom stereocenters. The molecule has 0 unspecified atom stereocenters. The van der Waals surface area contributed by atoms with Gasteiger partial charge in [0.05, 0.1) is 0 Å². The van der Waals surface area contributed by atoms with Gasteiger partial charge in [0.25, 0.3) is 0 Å². The molecule has 1 aromatic rings. The van der Waals surface area contributed by atoms with E-state index in [1.807, 2.05) is 6.07 Å². The first-order valence-corrected chi connectivity index (χ1v) is 4.62. The molecule has 1 aliphatic rings. The van der Waals surface area contributed by atoms with E-state index in [0.717, 1.165) is 19.0 Å². The summed E-state index contributed by atoms with van der Waals surface area (Å²) in [6, 6.07) is 10.5. The summed E-state index contributed by atoms with van der Waals surface area (Å²) in [5.41, 5.74) is 1.33. The molecule has 0 spiro atoms. The van der Waals surface area contributed by atoms with Gasteiger partial charge >= 0.3 is 0 Å². The van der Waals surface area contributed by atoms with Crippen LogP contribution in [0.4, 0.5) is 0 Å². The van der Waals surface area contributed by atoms with Crippen LogP contribution in [0.25, 0.3) is 0 Å². The number of nitrogens with zero attached hydrogens (tertiary/aromatic N) is 1. The van der Waals surface area contributed by atoms with Crippen molar-refractivity contribution in [3.05, 3.63) is 35.9 Å². The molecule has 0 heterocycles. The average molecular weight is 160 g/mol. The third-order valence-electron chi connectivity index (χ3n) is 2.22. The lowest BCUT2D eigenvalue weighted by molar-refractivity contribution is 0.625. The van der Waals surface area contributed by atoms with Gasteiger partial charge < -0.3 is 0 Å². The summed E-state index contributed by atoms with van der Waals surface area (Å²) in [6.45, 7) is 1.98. The Kier molecular flexibility index (Phi) is 2.42. The third kappa shape index (κ3) is 2.35. The van der Waals surface area contributed by atoms with Gasteiger partial charge in [-0.25, -0.2) is 5.32 Å². The van der Waals surface area contributed by atoms with Crippen molar-refractivity contribution in [3.63, 3.8) is 0 Å². The Morgan fingerprint density at radius 1 is 1.17 bits per heavy atom. The summed E-state index contributed by atoms with van der Waals surface area (Å²) in [5, 5.41) is 4.50. The Hall–Kier alpha value is -0.820. The van der Waals surface area contributed by atoms with Gasteiger partial charge in [0.2, 0.25) is 0 Å². The van der Waals surface area contributed by atoms with Crippen LogP contribution in [0, 0.1) is 5.92 Å². The second-order valence-corrected chi connectivity index (χ2v) is 3.49. The van der Waals surface area contributed by atoms with Crippen LogP contribution in [0.3, 0.4) is 0 Å². The zero-order chi connectivity index (χ0) is 8.23. The Balaban J connectivity index is 1.72. The predicted molar refractivity (Wildman–Crippen MR) is 49.9 cm³/mol. The third-order valence-corrected chi connectivity index (χ3v) is 2.22. The summed E-state index contributed by atoms with van der Waals surface area (Å²) in [7, 11) is 0. The Morgan fingerprint density at radius 3 is 2.58 bits per heavy atom. The van der Waals surface area contributed by atoms with E-state index in [1.54, 1.807) is 0 Å². The molecule has 1 radical (unpaired) electrons. The van der Waals surface area contributed by atoms with Gasteiger partial charge in [0.1, 0.15) is 0 Å². The smallest absolute Gasteiger partial charge is 0.0384 e. The van der Waals surface area contributed by atoms with E-state index in [0.29, 0.717) is 0 Å². The summed E-state index contributed by atoms with van der Waals surface area (Å²) < 4.78 is 0. The van der Waals surface area contributed by atoms with Gasteiger partial charge in [-0.1, -0.05) is 30.3 Å². The normalized spacial score (nSPS) is 16.3. The maximum absolute atomic E-state index is 4.50. The van der Waals surface area contributed by atoms with Gasteiger partial charge in [-0.05, 0) is 24.3 Å². The van der Waals surface area contributed by atoms with Crippen LogP contribution in [0.2, 0.25) is 0 Å². The van der Waals surface area contributed by atoms with Crippen LogP contribution < -0.4 is 5.32 Å². The van der Waals surface area contributed by atoms with E-state index >= 15 is 0 Å². The monoisotopic (exact) mass is 160 g/mol. The fourth-order valence-corrected chi connectivity index (χ4v) is 1.26. The second-order valence-electron chi connectivity index (χ2n) is 3.49. The van der Waals surface area contributed by atoms with Gasteiger partial charge in [0, 0.05) is 13.1 Å². The highest BCUT2D eigenvalue weighted by atomic mass is 14.9. The lowest BCUT2D eigenvalue weighted by atomic mass is 10.2.